The molecule has 0 aromatic heterocycles. The number of hydrogen-bond acceptors (Lipinski definition) is 3. The first-order chi connectivity index (χ1) is 12.6. The number of carbonyl (C=O) groups excluding carboxylic acids is 2. The fourth-order valence-corrected chi connectivity index (χ4v) is 4.80. The largest absolute Gasteiger partial charge is 0.497 e. The zero-order valence-corrected chi connectivity index (χ0v) is 16.1. The highest BCUT2D eigenvalue weighted by Gasteiger charge is 2.53. The van der Waals surface area contributed by atoms with E-state index >= 15 is 0 Å². The Labute approximate surface area is 156 Å². The van der Waals surface area contributed by atoms with Gasteiger partial charge in [-0.2, -0.15) is 0 Å². The number of rotatable bonds is 7. The van der Waals surface area contributed by atoms with Crippen LogP contribution in [0, 0.1) is 5.92 Å². The van der Waals surface area contributed by atoms with Gasteiger partial charge in [-0.05, 0) is 37.0 Å². The van der Waals surface area contributed by atoms with Gasteiger partial charge in [0, 0.05) is 24.3 Å². The van der Waals surface area contributed by atoms with Crippen LogP contribution in [0.4, 0.5) is 0 Å². The van der Waals surface area contributed by atoms with E-state index in [2.05, 4.69) is 13.0 Å². The number of fused-ring (bicyclic) bond motifs is 1. The minimum Gasteiger partial charge on any atom is -0.497 e. The summed E-state index contributed by atoms with van der Waals surface area (Å²) < 4.78 is 5.39. The van der Waals surface area contributed by atoms with Crippen LogP contribution in [-0.2, 0) is 15.0 Å². The molecule has 0 N–H and O–H groups in total. The maximum absolute atomic E-state index is 13.2. The van der Waals surface area contributed by atoms with Crippen LogP contribution in [0.5, 0.6) is 5.75 Å². The molecule has 1 aliphatic carbocycles. The van der Waals surface area contributed by atoms with Crippen molar-refractivity contribution in [2.24, 2.45) is 5.92 Å². The standard InChI is InChI=1S/C22H31NO3/c1-3-4-5-8-14-23-20(24)16-22(13-7-6-12-19(22)21(23)25)17-10-9-11-18(15-17)26-2/h9-11,15,19H,3-8,12-14,16H2,1-2H3. The van der Waals surface area contributed by atoms with Gasteiger partial charge >= 0.3 is 0 Å². The number of imide groups is 1. The molecule has 4 nitrogen and oxygen atoms in total. The number of carbonyl (C=O) groups is 2. The lowest BCUT2D eigenvalue weighted by Crippen LogP contribution is -2.57. The second-order valence-corrected chi connectivity index (χ2v) is 7.81. The molecule has 0 radical (unpaired) electrons. The van der Waals surface area contributed by atoms with Crippen LogP contribution in [-0.4, -0.2) is 30.4 Å². The van der Waals surface area contributed by atoms with Crippen LogP contribution in [0.1, 0.15) is 70.3 Å². The lowest BCUT2D eigenvalue weighted by atomic mass is 9.58. The van der Waals surface area contributed by atoms with Gasteiger partial charge in [-0.25, -0.2) is 0 Å². The van der Waals surface area contributed by atoms with E-state index in [-0.39, 0.29) is 23.1 Å². The van der Waals surface area contributed by atoms with Gasteiger partial charge < -0.3 is 4.74 Å². The van der Waals surface area contributed by atoms with E-state index in [1.807, 2.05) is 18.2 Å². The fourth-order valence-electron chi connectivity index (χ4n) is 4.80. The monoisotopic (exact) mass is 357 g/mol. The van der Waals surface area contributed by atoms with E-state index in [9.17, 15) is 9.59 Å². The smallest absolute Gasteiger partial charge is 0.233 e. The molecule has 2 fully saturated rings. The Morgan fingerprint density at radius 3 is 2.81 bits per heavy atom. The van der Waals surface area contributed by atoms with Crippen molar-refractivity contribution in [1.82, 2.24) is 4.90 Å². The van der Waals surface area contributed by atoms with Crippen molar-refractivity contribution in [3.05, 3.63) is 29.8 Å². The zero-order chi connectivity index (χ0) is 18.6. The van der Waals surface area contributed by atoms with Crippen LogP contribution in [0.15, 0.2) is 24.3 Å². The van der Waals surface area contributed by atoms with Gasteiger partial charge in [0.25, 0.3) is 0 Å². The normalized spacial score (nSPS) is 25.9. The van der Waals surface area contributed by atoms with E-state index in [1.54, 1.807) is 12.0 Å². The molecule has 3 rings (SSSR count). The summed E-state index contributed by atoms with van der Waals surface area (Å²) in [6, 6.07) is 7.99. The first-order valence-corrected chi connectivity index (χ1v) is 10.1. The molecule has 0 spiro atoms. The first-order valence-electron chi connectivity index (χ1n) is 10.1. The van der Waals surface area contributed by atoms with Gasteiger partial charge in [0.05, 0.1) is 7.11 Å². The highest BCUT2D eigenvalue weighted by molar-refractivity contribution is 6.01. The summed E-state index contributed by atoms with van der Waals surface area (Å²) in [5.41, 5.74) is 0.745. The zero-order valence-electron chi connectivity index (χ0n) is 16.1. The summed E-state index contributed by atoms with van der Waals surface area (Å²) in [6.07, 6.45) is 8.70. The number of amides is 2. The summed E-state index contributed by atoms with van der Waals surface area (Å²) in [5.74, 6) is 0.781. The Kier molecular flexibility index (Phi) is 6.00. The molecule has 1 saturated heterocycles. The van der Waals surface area contributed by atoms with E-state index in [0.29, 0.717) is 13.0 Å². The van der Waals surface area contributed by atoms with Gasteiger partial charge in [0.1, 0.15) is 5.75 Å². The summed E-state index contributed by atoms with van der Waals surface area (Å²) in [4.78, 5) is 27.7. The molecule has 2 aliphatic rings. The summed E-state index contributed by atoms with van der Waals surface area (Å²) in [5, 5.41) is 0. The number of unbranched alkanes of at least 4 members (excludes halogenated alkanes) is 3. The maximum atomic E-state index is 13.2. The SMILES string of the molecule is CCCCCCN1C(=O)CC2(c3cccc(OC)c3)CCCCC2C1=O. The van der Waals surface area contributed by atoms with E-state index < -0.39 is 0 Å². The van der Waals surface area contributed by atoms with Crippen molar-refractivity contribution in [1.29, 1.82) is 0 Å². The van der Waals surface area contributed by atoms with Crippen molar-refractivity contribution >= 4 is 11.8 Å². The third-order valence-electron chi connectivity index (χ3n) is 6.24. The first kappa shape index (κ1) is 18.9. The molecule has 0 bridgehead atoms. The summed E-state index contributed by atoms with van der Waals surface area (Å²) >= 11 is 0. The predicted molar refractivity (Wildman–Crippen MR) is 102 cm³/mol. The van der Waals surface area contributed by atoms with Gasteiger partial charge in [0.15, 0.2) is 0 Å². The second kappa shape index (κ2) is 8.24. The minimum atomic E-state index is -0.346. The maximum Gasteiger partial charge on any atom is 0.233 e. The number of likely N-dealkylation sites (tertiary alicyclic amines) is 1. The molecule has 2 unspecified atom stereocenters. The van der Waals surface area contributed by atoms with Crippen molar-refractivity contribution in [3.8, 4) is 5.75 Å². The molecular formula is C22H31NO3. The molecule has 1 saturated carbocycles. The molecule has 1 aromatic rings. The molecule has 4 heteroatoms. The summed E-state index contributed by atoms with van der Waals surface area (Å²) in [6.45, 7) is 2.75. The number of nitrogens with zero attached hydrogens (tertiary/aromatic N) is 1. The number of methoxy groups -OCH3 is 1. The second-order valence-electron chi connectivity index (χ2n) is 7.81. The molecule has 1 heterocycles. The molecule has 142 valence electrons. The number of hydrogen-bond donors (Lipinski definition) is 0. The van der Waals surface area contributed by atoms with E-state index in [0.717, 1.165) is 62.7 Å². The molecule has 2 atom stereocenters. The van der Waals surface area contributed by atoms with Gasteiger partial charge in [-0.15, -0.1) is 0 Å². The van der Waals surface area contributed by atoms with Crippen molar-refractivity contribution < 1.29 is 14.3 Å². The van der Waals surface area contributed by atoms with Crippen LogP contribution in [0.3, 0.4) is 0 Å². The van der Waals surface area contributed by atoms with E-state index in [4.69, 9.17) is 4.74 Å². The van der Waals surface area contributed by atoms with Gasteiger partial charge in [0.2, 0.25) is 11.8 Å². The van der Waals surface area contributed by atoms with Crippen LogP contribution in [0.25, 0.3) is 0 Å². The Morgan fingerprint density at radius 2 is 2.04 bits per heavy atom. The average molecular weight is 357 g/mol. The Bertz CT molecular complexity index is 657. The number of piperidine rings is 1. The van der Waals surface area contributed by atoms with E-state index in [1.165, 1.54) is 0 Å². The van der Waals surface area contributed by atoms with Gasteiger partial charge in [-0.1, -0.05) is 51.2 Å². The topological polar surface area (TPSA) is 46.6 Å². The lowest BCUT2D eigenvalue weighted by molar-refractivity contribution is -0.158. The Morgan fingerprint density at radius 1 is 1.19 bits per heavy atom. The minimum absolute atomic E-state index is 0.00692. The molecule has 1 aliphatic heterocycles. The van der Waals surface area contributed by atoms with Crippen molar-refractivity contribution in [2.75, 3.05) is 13.7 Å². The summed E-state index contributed by atoms with van der Waals surface area (Å²) in [7, 11) is 1.66. The van der Waals surface area contributed by atoms with Crippen LogP contribution >= 0.6 is 0 Å². The van der Waals surface area contributed by atoms with Crippen molar-refractivity contribution in [3.63, 3.8) is 0 Å². The molecule has 1 aromatic carbocycles. The van der Waals surface area contributed by atoms with Crippen LogP contribution in [0.2, 0.25) is 0 Å². The lowest BCUT2D eigenvalue weighted by Gasteiger charge is -2.49. The third-order valence-corrected chi connectivity index (χ3v) is 6.24. The molecular weight excluding hydrogens is 326 g/mol. The quantitative estimate of drug-likeness (QED) is 0.534. The Balaban J connectivity index is 1.86. The highest BCUT2D eigenvalue weighted by atomic mass is 16.5. The predicted octanol–water partition coefficient (Wildman–Crippen LogP) is 4.46. The average Bonchev–Trinajstić information content (AvgIpc) is 2.67. The fraction of sp³-hybridized carbons (Fsp3) is 0.636. The van der Waals surface area contributed by atoms with Crippen molar-refractivity contribution in [2.45, 2.75) is 70.1 Å². The van der Waals surface area contributed by atoms with Gasteiger partial charge in [-0.3, -0.25) is 14.5 Å². The molecule has 2 amide bonds. The third kappa shape index (κ3) is 3.51. The molecule has 26 heavy (non-hydrogen) atoms. The number of ether oxygens (including phenoxy) is 1. The highest BCUT2D eigenvalue weighted by Crippen LogP contribution is 2.50. The van der Waals surface area contributed by atoms with Crippen LogP contribution < -0.4 is 4.74 Å². The Hall–Kier alpha value is -1.84. The number of benzene rings is 1.